The highest BCUT2D eigenvalue weighted by molar-refractivity contribution is 5.82. The van der Waals surface area contributed by atoms with Crippen LogP contribution in [-0.4, -0.2) is 72.1 Å². The SMILES string of the molecule is NC(=O)CNC(=O)N1CCN(CC(=O)O)CC1. The van der Waals surface area contributed by atoms with Gasteiger partial charge in [-0.05, 0) is 0 Å². The molecule has 1 aliphatic rings. The number of hydrogen-bond donors (Lipinski definition) is 3. The van der Waals surface area contributed by atoms with Crippen molar-refractivity contribution in [2.75, 3.05) is 39.3 Å². The quantitative estimate of drug-likeness (QED) is 0.523. The minimum Gasteiger partial charge on any atom is -0.480 e. The molecule has 8 nitrogen and oxygen atoms in total. The van der Waals surface area contributed by atoms with Crippen LogP contribution in [0.2, 0.25) is 0 Å². The summed E-state index contributed by atoms with van der Waals surface area (Å²) in [6.07, 6.45) is 0. The third-order valence-corrected chi connectivity index (χ3v) is 2.43. The van der Waals surface area contributed by atoms with Gasteiger partial charge in [0.25, 0.3) is 0 Å². The lowest BCUT2D eigenvalue weighted by molar-refractivity contribution is -0.138. The van der Waals surface area contributed by atoms with E-state index in [4.69, 9.17) is 10.8 Å². The normalized spacial score (nSPS) is 16.6. The predicted octanol–water partition coefficient (Wildman–Crippen LogP) is -2.12. The van der Waals surface area contributed by atoms with Crippen molar-refractivity contribution in [3.05, 3.63) is 0 Å². The van der Waals surface area contributed by atoms with Gasteiger partial charge in [0.15, 0.2) is 0 Å². The molecular weight excluding hydrogens is 228 g/mol. The maximum atomic E-state index is 11.5. The van der Waals surface area contributed by atoms with E-state index in [1.54, 1.807) is 4.90 Å². The Balaban J connectivity index is 2.28. The Morgan fingerprint density at radius 1 is 1.18 bits per heavy atom. The van der Waals surface area contributed by atoms with E-state index in [-0.39, 0.29) is 19.1 Å². The summed E-state index contributed by atoms with van der Waals surface area (Å²) in [6.45, 7) is 1.70. The number of carboxylic acids is 1. The lowest BCUT2D eigenvalue weighted by Crippen LogP contribution is -2.53. The van der Waals surface area contributed by atoms with Crippen LogP contribution in [0.1, 0.15) is 0 Å². The van der Waals surface area contributed by atoms with Gasteiger partial charge in [0.2, 0.25) is 5.91 Å². The fourth-order valence-corrected chi connectivity index (χ4v) is 1.57. The van der Waals surface area contributed by atoms with Crippen LogP contribution in [0.3, 0.4) is 0 Å². The van der Waals surface area contributed by atoms with Crippen LogP contribution in [-0.2, 0) is 9.59 Å². The topological polar surface area (TPSA) is 116 Å². The Hall–Kier alpha value is -1.83. The van der Waals surface area contributed by atoms with Gasteiger partial charge < -0.3 is 21.1 Å². The van der Waals surface area contributed by atoms with Crippen molar-refractivity contribution in [3.63, 3.8) is 0 Å². The molecule has 4 N–H and O–H groups in total. The second kappa shape index (κ2) is 6.04. The lowest BCUT2D eigenvalue weighted by Gasteiger charge is -2.33. The summed E-state index contributed by atoms with van der Waals surface area (Å²) in [7, 11) is 0. The molecule has 0 aromatic carbocycles. The van der Waals surface area contributed by atoms with Gasteiger partial charge in [0.1, 0.15) is 0 Å². The molecular formula is C9H16N4O4. The molecule has 0 aromatic heterocycles. The van der Waals surface area contributed by atoms with Gasteiger partial charge >= 0.3 is 12.0 Å². The van der Waals surface area contributed by atoms with Crippen molar-refractivity contribution >= 4 is 17.9 Å². The largest absolute Gasteiger partial charge is 0.480 e. The lowest BCUT2D eigenvalue weighted by atomic mass is 10.3. The predicted molar refractivity (Wildman–Crippen MR) is 58.2 cm³/mol. The molecule has 0 saturated carbocycles. The highest BCUT2D eigenvalue weighted by Gasteiger charge is 2.22. The van der Waals surface area contributed by atoms with Crippen LogP contribution in [0.15, 0.2) is 0 Å². The average Bonchev–Trinajstić information content (AvgIpc) is 2.26. The summed E-state index contributed by atoms with van der Waals surface area (Å²) in [5, 5.41) is 11.0. The molecule has 96 valence electrons. The minimum atomic E-state index is -0.878. The van der Waals surface area contributed by atoms with E-state index in [1.165, 1.54) is 4.90 Å². The Kier molecular flexibility index (Phi) is 4.70. The third-order valence-electron chi connectivity index (χ3n) is 2.43. The fourth-order valence-electron chi connectivity index (χ4n) is 1.57. The number of carboxylic acid groups (broad SMARTS) is 1. The molecule has 0 atom stereocenters. The van der Waals surface area contributed by atoms with Crippen molar-refractivity contribution < 1.29 is 19.5 Å². The standard InChI is InChI=1S/C9H16N4O4/c10-7(14)5-11-9(17)13-3-1-12(2-4-13)6-8(15)16/h1-6H2,(H2,10,14)(H,11,17)(H,15,16). The molecule has 1 saturated heterocycles. The maximum Gasteiger partial charge on any atom is 0.317 e. The fraction of sp³-hybridized carbons (Fsp3) is 0.667. The Labute approximate surface area is 98.3 Å². The Bertz CT molecular complexity index is 312. The van der Waals surface area contributed by atoms with Crippen LogP contribution >= 0.6 is 0 Å². The smallest absolute Gasteiger partial charge is 0.317 e. The van der Waals surface area contributed by atoms with Crippen LogP contribution in [0.4, 0.5) is 4.79 Å². The molecule has 17 heavy (non-hydrogen) atoms. The van der Waals surface area contributed by atoms with E-state index in [1.807, 2.05) is 0 Å². The van der Waals surface area contributed by atoms with Crippen LogP contribution < -0.4 is 11.1 Å². The molecule has 1 heterocycles. The van der Waals surface area contributed by atoms with Gasteiger partial charge in [-0.15, -0.1) is 0 Å². The zero-order valence-electron chi connectivity index (χ0n) is 9.39. The number of nitrogens with two attached hydrogens (primary N) is 1. The maximum absolute atomic E-state index is 11.5. The molecule has 0 radical (unpaired) electrons. The first-order chi connectivity index (χ1) is 7.99. The molecule has 1 rings (SSSR count). The highest BCUT2D eigenvalue weighted by Crippen LogP contribution is 2.01. The number of aliphatic carboxylic acids is 1. The Morgan fingerprint density at radius 2 is 1.76 bits per heavy atom. The molecule has 0 bridgehead atoms. The first-order valence-corrected chi connectivity index (χ1v) is 5.24. The van der Waals surface area contributed by atoms with E-state index >= 15 is 0 Å². The molecule has 0 spiro atoms. The number of urea groups is 1. The van der Waals surface area contributed by atoms with Crippen molar-refractivity contribution in [2.45, 2.75) is 0 Å². The van der Waals surface area contributed by atoms with Crippen LogP contribution in [0.25, 0.3) is 0 Å². The first kappa shape index (κ1) is 13.2. The number of primary amides is 1. The summed E-state index contributed by atoms with van der Waals surface area (Å²) in [4.78, 5) is 35.7. The molecule has 1 fully saturated rings. The second-order valence-corrected chi connectivity index (χ2v) is 3.78. The number of piperazine rings is 1. The van der Waals surface area contributed by atoms with Crippen molar-refractivity contribution in [1.29, 1.82) is 0 Å². The summed E-state index contributed by atoms with van der Waals surface area (Å²) >= 11 is 0. The first-order valence-electron chi connectivity index (χ1n) is 5.24. The summed E-state index contributed by atoms with van der Waals surface area (Å²) < 4.78 is 0. The molecule has 0 aromatic rings. The zero-order chi connectivity index (χ0) is 12.8. The summed E-state index contributed by atoms with van der Waals surface area (Å²) in [5.41, 5.74) is 4.90. The van der Waals surface area contributed by atoms with E-state index in [0.717, 1.165) is 0 Å². The number of carbonyl (C=O) groups is 3. The number of hydrogen-bond acceptors (Lipinski definition) is 4. The van der Waals surface area contributed by atoms with Gasteiger partial charge in [-0.1, -0.05) is 0 Å². The van der Waals surface area contributed by atoms with Gasteiger partial charge in [-0.2, -0.15) is 0 Å². The van der Waals surface area contributed by atoms with Crippen molar-refractivity contribution in [1.82, 2.24) is 15.1 Å². The van der Waals surface area contributed by atoms with E-state index in [9.17, 15) is 14.4 Å². The monoisotopic (exact) mass is 244 g/mol. The summed E-state index contributed by atoms with van der Waals surface area (Å²) in [6, 6.07) is -0.348. The highest BCUT2D eigenvalue weighted by atomic mass is 16.4. The summed E-state index contributed by atoms with van der Waals surface area (Å²) in [5.74, 6) is -1.47. The third kappa shape index (κ3) is 4.68. The van der Waals surface area contributed by atoms with Crippen LogP contribution in [0.5, 0.6) is 0 Å². The molecule has 8 heteroatoms. The zero-order valence-corrected chi connectivity index (χ0v) is 9.39. The minimum absolute atomic E-state index is 0.0171. The Morgan fingerprint density at radius 3 is 2.24 bits per heavy atom. The van der Waals surface area contributed by atoms with E-state index in [2.05, 4.69) is 5.32 Å². The number of amides is 3. The van der Waals surface area contributed by atoms with Gasteiger partial charge in [0.05, 0.1) is 13.1 Å². The van der Waals surface area contributed by atoms with Gasteiger partial charge in [-0.25, -0.2) is 4.79 Å². The molecule has 0 aliphatic carbocycles. The number of rotatable bonds is 4. The van der Waals surface area contributed by atoms with E-state index in [0.29, 0.717) is 26.2 Å². The van der Waals surface area contributed by atoms with E-state index < -0.39 is 11.9 Å². The number of nitrogens with zero attached hydrogens (tertiary/aromatic N) is 2. The number of carbonyl (C=O) groups excluding carboxylic acids is 2. The molecule has 1 aliphatic heterocycles. The van der Waals surface area contributed by atoms with Crippen molar-refractivity contribution in [2.24, 2.45) is 5.73 Å². The average molecular weight is 244 g/mol. The molecule has 0 unspecified atom stereocenters. The van der Waals surface area contributed by atoms with Gasteiger partial charge in [0, 0.05) is 26.2 Å². The van der Waals surface area contributed by atoms with Crippen molar-refractivity contribution in [3.8, 4) is 0 Å². The van der Waals surface area contributed by atoms with Gasteiger partial charge in [-0.3, -0.25) is 14.5 Å². The second-order valence-electron chi connectivity index (χ2n) is 3.78. The van der Waals surface area contributed by atoms with Crippen LogP contribution in [0, 0.1) is 0 Å². The number of nitrogens with one attached hydrogen (secondary N) is 1. The molecule has 3 amide bonds.